The Kier molecular flexibility index (Phi) is 3.75. The van der Waals surface area contributed by atoms with Crippen molar-refractivity contribution in [2.75, 3.05) is 6.61 Å². The SMILES string of the molecule is Cc1ccccc1C(C)NC1CCOc2ccccc21. The van der Waals surface area contributed by atoms with Crippen LogP contribution in [0, 0.1) is 6.92 Å². The molecule has 0 saturated heterocycles. The van der Waals surface area contributed by atoms with Crippen LogP contribution in [0.15, 0.2) is 48.5 Å². The molecule has 1 aliphatic heterocycles. The Bertz CT molecular complexity index is 593. The smallest absolute Gasteiger partial charge is 0.124 e. The summed E-state index contributed by atoms with van der Waals surface area (Å²) in [6.07, 6.45) is 1.02. The van der Waals surface area contributed by atoms with E-state index in [0.29, 0.717) is 12.1 Å². The molecule has 1 heterocycles. The van der Waals surface area contributed by atoms with Gasteiger partial charge in [0.05, 0.1) is 6.61 Å². The molecule has 1 aliphatic rings. The molecule has 0 fully saturated rings. The summed E-state index contributed by atoms with van der Waals surface area (Å²) < 4.78 is 5.72. The van der Waals surface area contributed by atoms with Crippen LogP contribution in [0.4, 0.5) is 0 Å². The summed E-state index contributed by atoms with van der Waals surface area (Å²) in [6.45, 7) is 5.20. The number of para-hydroxylation sites is 1. The fraction of sp³-hybridized carbons (Fsp3) is 0.333. The summed E-state index contributed by atoms with van der Waals surface area (Å²) in [5.41, 5.74) is 3.99. The van der Waals surface area contributed by atoms with E-state index >= 15 is 0 Å². The Morgan fingerprint density at radius 2 is 1.85 bits per heavy atom. The number of nitrogens with one attached hydrogen (secondary N) is 1. The monoisotopic (exact) mass is 267 g/mol. The lowest BCUT2D eigenvalue weighted by molar-refractivity contribution is 0.246. The van der Waals surface area contributed by atoms with Gasteiger partial charge in [0.1, 0.15) is 5.75 Å². The maximum absolute atomic E-state index is 5.72. The molecule has 20 heavy (non-hydrogen) atoms. The first-order chi connectivity index (χ1) is 9.75. The molecule has 2 atom stereocenters. The fourth-order valence-electron chi connectivity index (χ4n) is 2.98. The fourth-order valence-corrected chi connectivity index (χ4v) is 2.98. The van der Waals surface area contributed by atoms with Crippen LogP contribution in [0.2, 0.25) is 0 Å². The Morgan fingerprint density at radius 3 is 2.70 bits per heavy atom. The molecule has 2 aromatic carbocycles. The van der Waals surface area contributed by atoms with E-state index in [1.165, 1.54) is 16.7 Å². The molecule has 0 aliphatic carbocycles. The van der Waals surface area contributed by atoms with Gasteiger partial charge in [0.25, 0.3) is 0 Å². The largest absolute Gasteiger partial charge is 0.493 e. The van der Waals surface area contributed by atoms with Crippen molar-refractivity contribution in [1.82, 2.24) is 5.32 Å². The third-order valence-corrected chi connectivity index (χ3v) is 4.06. The lowest BCUT2D eigenvalue weighted by Gasteiger charge is -2.30. The molecular weight excluding hydrogens is 246 g/mol. The molecule has 2 nitrogen and oxygen atoms in total. The van der Waals surface area contributed by atoms with Crippen LogP contribution in [0.3, 0.4) is 0 Å². The Labute approximate surface area is 120 Å². The summed E-state index contributed by atoms with van der Waals surface area (Å²) >= 11 is 0. The molecular formula is C18H21NO. The molecule has 0 radical (unpaired) electrons. The van der Waals surface area contributed by atoms with Gasteiger partial charge in [-0.3, -0.25) is 0 Å². The maximum atomic E-state index is 5.72. The van der Waals surface area contributed by atoms with Gasteiger partial charge in [-0.1, -0.05) is 42.5 Å². The highest BCUT2D eigenvalue weighted by Crippen LogP contribution is 2.33. The number of rotatable bonds is 3. The van der Waals surface area contributed by atoms with Gasteiger partial charge >= 0.3 is 0 Å². The van der Waals surface area contributed by atoms with Crippen molar-refractivity contribution >= 4 is 0 Å². The standard InChI is InChI=1S/C18H21NO/c1-13-7-3-4-8-15(13)14(2)19-17-11-12-20-18-10-6-5-9-16(17)18/h3-10,14,17,19H,11-12H2,1-2H3. The van der Waals surface area contributed by atoms with Gasteiger partial charge in [0.15, 0.2) is 0 Å². The quantitative estimate of drug-likeness (QED) is 0.901. The van der Waals surface area contributed by atoms with Gasteiger partial charge < -0.3 is 10.1 Å². The summed E-state index contributed by atoms with van der Waals surface area (Å²) in [5.74, 6) is 1.02. The number of hydrogen-bond donors (Lipinski definition) is 1. The highest BCUT2D eigenvalue weighted by Gasteiger charge is 2.22. The lowest BCUT2D eigenvalue weighted by Crippen LogP contribution is -2.29. The van der Waals surface area contributed by atoms with Crippen molar-refractivity contribution in [2.45, 2.75) is 32.4 Å². The highest BCUT2D eigenvalue weighted by molar-refractivity contribution is 5.38. The van der Waals surface area contributed by atoms with E-state index in [-0.39, 0.29) is 0 Å². The van der Waals surface area contributed by atoms with E-state index in [9.17, 15) is 0 Å². The van der Waals surface area contributed by atoms with Crippen molar-refractivity contribution in [3.05, 3.63) is 65.2 Å². The Hall–Kier alpha value is -1.80. The number of aryl methyl sites for hydroxylation is 1. The summed E-state index contributed by atoms with van der Waals surface area (Å²) in [5, 5.41) is 3.75. The van der Waals surface area contributed by atoms with Crippen molar-refractivity contribution in [3.63, 3.8) is 0 Å². The summed E-state index contributed by atoms with van der Waals surface area (Å²) in [4.78, 5) is 0. The normalized spacial score (nSPS) is 19.0. The number of fused-ring (bicyclic) bond motifs is 1. The van der Waals surface area contributed by atoms with E-state index in [2.05, 4.69) is 61.6 Å². The van der Waals surface area contributed by atoms with Crippen LogP contribution in [0.25, 0.3) is 0 Å². The second-order valence-corrected chi connectivity index (χ2v) is 5.47. The number of hydrogen-bond acceptors (Lipinski definition) is 2. The first-order valence-corrected chi connectivity index (χ1v) is 7.29. The van der Waals surface area contributed by atoms with Crippen LogP contribution < -0.4 is 10.1 Å². The predicted molar refractivity (Wildman–Crippen MR) is 82.0 cm³/mol. The van der Waals surface area contributed by atoms with Gasteiger partial charge in [-0.25, -0.2) is 0 Å². The maximum Gasteiger partial charge on any atom is 0.124 e. The molecule has 3 rings (SSSR count). The summed E-state index contributed by atoms with van der Waals surface area (Å²) in [6, 6.07) is 17.6. The molecule has 104 valence electrons. The van der Waals surface area contributed by atoms with Crippen molar-refractivity contribution in [3.8, 4) is 5.75 Å². The van der Waals surface area contributed by atoms with Crippen LogP contribution in [0.1, 0.15) is 42.1 Å². The Morgan fingerprint density at radius 1 is 1.10 bits per heavy atom. The van der Waals surface area contributed by atoms with Crippen molar-refractivity contribution in [1.29, 1.82) is 0 Å². The molecule has 1 N–H and O–H groups in total. The zero-order valence-electron chi connectivity index (χ0n) is 12.1. The van der Waals surface area contributed by atoms with Gasteiger partial charge in [0.2, 0.25) is 0 Å². The molecule has 0 spiro atoms. The topological polar surface area (TPSA) is 21.3 Å². The minimum Gasteiger partial charge on any atom is -0.493 e. The second kappa shape index (κ2) is 5.68. The average molecular weight is 267 g/mol. The minimum atomic E-state index is 0.340. The first kappa shape index (κ1) is 13.2. The Balaban J connectivity index is 1.81. The zero-order valence-corrected chi connectivity index (χ0v) is 12.1. The van der Waals surface area contributed by atoms with E-state index in [1.807, 2.05) is 6.07 Å². The molecule has 0 bridgehead atoms. The molecule has 2 heteroatoms. The van der Waals surface area contributed by atoms with E-state index in [1.54, 1.807) is 0 Å². The van der Waals surface area contributed by atoms with Crippen LogP contribution in [0.5, 0.6) is 5.75 Å². The van der Waals surface area contributed by atoms with Gasteiger partial charge in [-0.15, -0.1) is 0 Å². The average Bonchev–Trinajstić information content (AvgIpc) is 2.48. The number of ether oxygens (including phenoxy) is 1. The van der Waals surface area contributed by atoms with Gasteiger partial charge in [-0.2, -0.15) is 0 Å². The van der Waals surface area contributed by atoms with Crippen LogP contribution in [-0.2, 0) is 0 Å². The van der Waals surface area contributed by atoms with E-state index in [0.717, 1.165) is 18.8 Å². The first-order valence-electron chi connectivity index (χ1n) is 7.29. The third kappa shape index (κ3) is 2.56. The van der Waals surface area contributed by atoms with Crippen LogP contribution >= 0.6 is 0 Å². The highest BCUT2D eigenvalue weighted by atomic mass is 16.5. The third-order valence-electron chi connectivity index (χ3n) is 4.06. The zero-order chi connectivity index (χ0) is 13.9. The molecule has 0 amide bonds. The van der Waals surface area contributed by atoms with Crippen molar-refractivity contribution < 1.29 is 4.74 Å². The second-order valence-electron chi connectivity index (χ2n) is 5.47. The summed E-state index contributed by atoms with van der Waals surface area (Å²) in [7, 11) is 0. The van der Waals surface area contributed by atoms with E-state index in [4.69, 9.17) is 4.74 Å². The molecule has 0 aromatic heterocycles. The van der Waals surface area contributed by atoms with Gasteiger partial charge in [0, 0.05) is 24.1 Å². The molecule has 2 unspecified atom stereocenters. The van der Waals surface area contributed by atoms with Crippen molar-refractivity contribution in [2.24, 2.45) is 0 Å². The lowest BCUT2D eigenvalue weighted by atomic mass is 9.97. The molecule has 0 saturated carbocycles. The van der Waals surface area contributed by atoms with Crippen LogP contribution in [-0.4, -0.2) is 6.61 Å². The van der Waals surface area contributed by atoms with E-state index < -0.39 is 0 Å². The van der Waals surface area contributed by atoms with Gasteiger partial charge in [-0.05, 0) is 31.0 Å². The predicted octanol–water partition coefficient (Wildman–Crippen LogP) is 4.17. The minimum absolute atomic E-state index is 0.340. The molecule has 2 aromatic rings. The number of benzene rings is 2.